The highest BCUT2D eigenvalue weighted by Gasteiger charge is 2.67. The first-order chi connectivity index (χ1) is 18.0. The van der Waals surface area contributed by atoms with Gasteiger partial charge in [0.1, 0.15) is 5.75 Å². The van der Waals surface area contributed by atoms with Crippen LogP contribution in [0.15, 0.2) is 60.7 Å². The van der Waals surface area contributed by atoms with Crippen molar-refractivity contribution < 1.29 is 23.9 Å². The fourth-order valence-electron chi connectivity index (χ4n) is 7.27. The third-order valence-electron chi connectivity index (χ3n) is 9.08. The second-order valence-electron chi connectivity index (χ2n) is 11.0. The Balaban J connectivity index is 1.08. The number of esters is 1. The molecule has 0 N–H and O–H groups in total. The predicted molar refractivity (Wildman–Crippen MR) is 136 cm³/mol. The summed E-state index contributed by atoms with van der Waals surface area (Å²) in [5.41, 5.74) is 2.32. The third-order valence-corrected chi connectivity index (χ3v) is 9.08. The van der Waals surface area contributed by atoms with Gasteiger partial charge in [0.2, 0.25) is 17.7 Å². The smallest absolute Gasteiger partial charge is 0.316 e. The highest BCUT2D eigenvalue weighted by atomic mass is 16.5. The van der Waals surface area contributed by atoms with Crippen LogP contribution in [0, 0.1) is 41.4 Å². The Kier molecular flexibility index (Phi) is 4.94. The van der Waals surface area contributed by atoms with Gasteiger partial charge in [0.15, 0.2) is 0 Å². The van der Waals surface area contributed by atoms with Gasteiger partial charge in [0.25, 0.3) is 0 Å². The second-order valence-corrected chi connectivity index (χ2v) is 11.0. The van der Waals surface area contributed by atoms with Gasteiger partial charge < -0.3 is 9.64 Å². The van der Waals surface area contributed by atoms with E-state index in [0.29, 0.717) is 17.5 Å². The van der Waals surface area contributed by atoms with Gasteiger partial charge in [-0.15, -0.1) is 0 Å². The molecular formula is C30H28N2O5. The maximum absolute atomic E-state index is 13.4. The molecule has 0 unspecified atom stereocenters. The van der Waals surface area contributed by atoms with Crippen molar-refractivity contribution in [3.8, 4) is 5.75 Å². The van der Waals surface area contributed by atoms with Crippen molar-refractivity contribution in [1.82, 2.24) is 0 Å². The van der Waals surface area contributed by atoms with Crippen LogP contribution < -0.4 is 14.5 Å². The number of aryl methyl sites for hydroxylation is 1. The maximum atomic E-state index is 13.4. The molecule has 37 heavy (non-hydrogen) atoms. The van der Waals surface area contributed by atoms with Crippen molar-refractivity contribution in [2.45, 2.75) is 26.2 Å². The number of amides is 3. The number of nitrogens with zero attached hydrogens (tertiary/aromatic N) is 2. The van der Waals surface area contributed by atoms with Gasteiger partial charge in [-0.1, -0.05) is 43.3 Å². The molecule has 2 aliphatic heterocycles. The highest BCUT2D eigenvalue weighted by molar-refractivity contribution is 6.22. The first-order valence-corrected chi connectivity index (χ1v) is 13.2. The molecule has 3 amide bonds. The van der Waals surface area contributed by atoms with Gasteiger partial charge in [0, 0.05) is 24.7 Å². The molecule has 7 nitrogen and oxygen atoms in total. The van der Waals surface area contributed by atoms with Crippen LogP contribution in [0.3, 0.4) is 0 Å². The van der Waals surface area contributed by atoms with E-state index in [4.69, 9.17) is 4.74 Å². The molecule has 2 heterocycles. The van der Waals surface area contributed by atoms with Crippen LogP contribution in [0.25, 0.3) is 0 Å². The summed E-state index contributed by atoms with van der Waals surface area (Å²) in [6, 6.07) is 14.3. The molecule has 2 aromatic carbocycles. The first kappa shape index (κ1) is 22.5. The summed E-state index contributed by atoms with van der Waals surface area (Å²) in [6.45, 7) is 2.30. The number of para-hydroxylation sites is 1. The Hall–Kier alpha value is -3.74. The molecule has 8 rings (SSSR count). The number of allylic oxidation sites excluding steroid dienone is 2. The minimum Gasteiger partial charge on any atom is -0.426 e. The Labute approximate surface area is 215 Å². The molecule has 7 atom stereocenters. The number of anilines is 2. The number of carbonyl (C=O) groups is 4. The molecule has 0 radical (unpaired) electrons. The number of hydrogen-bond acceptors (Lipinski definition) is 5. The lowest BCUT2D eigenvalue weighted by Gasteiger charge is -2.37. The zero-order valence-corrected chi connectivity index (χ0v) is 20.6. The summed E-state index contributed by atoms with van der Waals surface area (Å²) < 4.78 is 5.68. The minimum absolute atomic E-state index is 0.0845. The van der Waals surface area contributed by atoms with E-state index >= 15 is 0 Å². The van der Waals surface area contributed by atoms with Crippen molar-refractivity contribution in [3.05, 3.63) is 66.2 Å². The van der Waals surface area contributed by atoms with Crippen LogP contribution in [0.1, 0.15) is 25.3 Å². The maximum Gasteiger partial charge on any atom is 0.316 e. The van der Waals surface area contributed by atoms with E-state index in [1.807, 2.05) is 31.2 Å². The van der Waals surface area contributed by atoms with Crippen molar-refractivity contribution in [3.63, 3.8) is 0 Å². The monoisotopic (exact) mass is 496 g/mol. The Bertz CT molecular complexity index is 1350. The SMILES string of the molecule is CCc1ccccc1N1C[C@H](C(=O)Oc2cccc(N3C(=O)[C@@H]4[C@H]5C=C[C@@H]([C@@H]6C[C@@H]56)[C@@H]4C3=O)c2)CC1=O. The van der Waals surface area contributed by atoms with Crippen LogP contribution in [0.2, 0.25) is 0 Å². The Morgan fingerprint density at radius 2 is 1.65 bits per heavy atom. The number of imide groups is 1. The van der Waals surface area contributed by atoms with Crippen LogP contribution in [0.4, 0.5) is 11.4 Å². The molecule has 0 aromatic heterocycles. The zero-order valence-electron chi connectivity index (χ0n) is 20.6. The molecule has 2 saturated heterocycles. The highest BCUT2D eigenvalue weighted by Crippen LogP contribution is 2.65. The Morgan fingerprint density at radius 1 is 0.946 bits per heavy atom. The number of carbonyl (C=O) groups excluding carboxylic acids is 4. The summed E-state index contributed by atoms with van der Waals surface area (Å²) in [4.78, 5) is 55.6. The molecular weight excluding hydrogens is 468 g/mol. The zero-order chi connectivity index (χ0) is 25.4. The average Bonchev–Trinajstić information content (AvgIpc) is 3.59. The molecule has 4 aliphatic carbocycles. The summed E-state index contributed by atoms with van der Waals surface area (Å²) >= 11 is 0. The fraction of sp³-hybridized carbons (Fsp3) is 0.400. The number of rotatable bonds is 5. The van der Waals surface area contributed by atoms with Crippen LogP contribution in [-0.4, -0.2) is 30.2 Å². The average molecular weight is 497 g/mol. The lowest BCUT2D eigenvalue weighted by molar-refractivity contribution is -0.139. The summed E-state index contributed by atoms with van der Waals surface area (Å²) in [5.74, 6) is -0.370. The topological polar surface area (TPSA) is 84.0 Å². The van der Waals surface area contributed by atoms with Crippen LogP contribution in [-0.2, 0) is 25.6 Å². The molecule has 2 bridgehead atoms. The third kappa shape index (κ3) is 3.32. The number of hydrogen-bond donors (Lipinski definition) is 0. The molecule has 2 aromatic rings. The number of ether oxygens (including phenoxy) is 1. The normalized spacial score (nSPS) is 33.1. The Morgan fingerprint density at radius 3 is 2.35 bits per heavy atom. The molecule has 2 saturated carbocycles. The molecule has 188 valence electrons. The van der Waals surface area contributed by atoms with Gasteiger partial charge in [0.05, 0.1) is 23.4 Å². The first-order valence-electron chi connectivity index (χ1n) is 13.2. The minimum atomic E-state index is -0.590. The van der Waals surface area contributed by atoms with Crippen molar-refractivity contribution >= 4 is 35.1 Å². The van der Waals surface area contributed by atoms with Crippen LogP contribution >= 0.6 is 0 Å². The van der Waals surface area contributed by atoms with E-state index < -0.39 is 11.9 Å². The lowest BCUT2D eigenvalue weighted by Crippen LogP contribution is -2.40. The van der Waals surface area contributed by atoms with E-state index in [1.165, 1.54) is 4.90 Å². The number of benzene rings is 2. The van der Waals surface area contributed by atoms with E-state index in [0.717, 1.165) is 24.1 Å². The standard InChI is InChI=1S/C30H28N2O5/c1-2-16-6-3-4-9-24(16)31-15-17(12-25(31)33)30(36)37-19-8-5-7-18(13-19)32-28(34)26-20-10-11-21(23-14-22(20)23)27(26)29(32)35/h3-11,13,17,20-23,26-27H,2,12,14-15H2,1H3/t17-,20+,21+,22+,23+,26-,27+/m1/s1. The van der Waals surface area contributed by atoms with Gasteiger partial charge in [-0.3, -0.25) is 19.2 Å². The summed E-state index contributed by atoms with van der Waals surface area (Å²) in [6.07, 6.45) is 6.29. The summed E-state index contributed by atoms with van der Waals surface area (Å²) in [5, 5.41) is 0. The molecule has 0 spiro atoms. The fourth-order valence-corrected chi connectivity index (χ4v) is 7.27. The van der Waals surface area contributed by atoms with Crippen LogP contribution in [0.5, 0.6) is 5.75 Å². The summed E-state index contributed by atoms with van der Waals surface area (Å²) in [7, 11) is 0. The molecule has 4 fully saturated rings. The van der Waals surface area contributed by atoms with E-state index in [-0.39, 0.29) is 60.1 Å². The van der Waals surface area contributed by atoms with Gasteiger partial charge >= 0.3 is 5.97 Å². The van der Waals surface area contributed by atoms with Gasteiger partial charge in [-0.05, 0) is 60.3 Å². The van der Waals surface area contributed by atoms with E-state index in [2.05, 4.69) is 12.2 Å². The largest absolute Gasteiger partial charge is 0.426 e. The van der Waals surface area contributed by atoms with Gasteiger partial charge in [-0.25, -0.2) is 4.90 Å². The predicted octanol–water partition coefficient (Wildman–Crippen LogP) is 3.77. The quantitative estimate of drug-likeness (QED) is 0.272. The van der Waals surface area contributed by atoms with Crippen molar-refractivity contribution in [1.29, 1.82) is 0 Å². The molecule has 6 aliphatic rings. The molecule has 7 heteroatoms. The van der Waals surface area contributed by atoms with E-state index in [9.17, 15) is 19.2 Å². The lowest BCUT2D eigenvalue weighted by atomic mass is 9.63. The second kappa shape index (κ2) is 8.13. The van der Waals surface area contributed by atoms with Gasteiger partial charge in [-0.2, -0.15) is 0 Å². The van der Waals surface area contributed by atoms with Crippen molar-refractivity contribution in [2.75, 3.05) is 16.3 Å². The van der Waals surface area contributed by atoms with E-state index in [1.54, 1.807) is 29.2 Å². The van der Waals surface area contributed by atoms with Crippen molar-refractivity contribution in [2.24, 2.45) is 41.4 Å².